The van der Waals surface area contributed by atoms with E-state index in [1.807, 2.05) is 0 Å². The molecule has 0 fully saturated rings. The van der Waals surface area contributed by atoms with Gasteiger partial charge in [-0.3, -0.25) is 4.98 Å². The molecule has 0 saturated heterocycles. The van der Waals surface area contributed by atoms with Crippen molar-refractivity contribution in [2.45, 2.75) is 18.0 Å². The second-order valence-corrected chi connectivity index (χ2v) is 8.66. The molecular formula is C22H16F3N5O2S. The first-order valence-corrected chi connectivity index (χ1v) is 11.1. The van der Waals surface area contributed by atoms with Gasteiger partial charge in [0.25, 0.3) is 0 Å². The standard InChI is InChI=1S/C22H16F3N5O2S/c1-13-11-19(20-16(22(23,24)25)7-4-10-27-20)30-21(28-13)18-9-3-8-17(29-18)14-5-2-6-15(12-14)33(26,31)32/h2-12H,1H3,(H2,26,31,32). The summed E-state index contributed by atoms with van der Waals surface area (Å²) in [5, 5.41) is 5.20. The van der Waals surface area contributed by atoms with Gasteiger partial charge in [-0.1, -0.05) is 18.2 Å². The summed E-state index contributed by atoms with van der Waals surface area (Å²) in [6.45, 7) is 1.63. The van der Waals surface area contributed by atoms with Crippen LogP contribution in [0.5, 0.6) is 0 Å². The summed E-state index contributed by atoms with van der Waals surface area (Å²) in [5.41, 5.74) is 0.414. The van der Waals surface area contributed by atoms with Crippen molar-refractivity contribution in [3.8, 4) is 34.2 Å². The minimum Gasteiger partial charge on any atom is -0.254 e. The van der Waals surface area contributed by atoms with Gasteiger partial charge in [0.2, 0.25) is 10.0 Å². The van der Waals surface area contributed by atoms with E-state index in [4.69, 9.17) is 5.14 Å². The molecule has 0 aliphatic carbocycles. The largest absolute Gasteiger partial charge is 0.418 e. The number of benzene rings is 1. The van der Waals surface area contributed by atoms with E-state index in [0.29, 0.717) is 22.6 Å². The molecule has 3 heterocycles. The molecule has 0 unspecified atom stereocenters. The number of pyridine rings is 2. The average Bonchev–Trinajstić information content (AvgIpc) is 2.78. The Bertz CT molecular complexity index is 1460. The van der Waals surface area contributed by atoms with Crippen molar-refractivity contribution in [3.05, 3.63) is 78.1 Å². The van der Waals surface area contributed by atoms with Crippen LogP contribution in [0.4, 0.5) is 13.2 Å². The summed E-state index contributed by atoms with van der Waals surface area (Å²) < 4.78 is 63.7. The fraction of sp³-hybridized carbons (Fsp3) is 0.0909. The van der Waals surface area contributed by atoms with Crippen molar-refractivity contribution in [1.29, 1.82) is 0 Å². The van der Waals surface area contributed by atoms with Crippen molar-refractivity contribution in [2.75, 3.05) is 0 Å². The van der Waals surface area contributed by atoms with Crippen molar-refractivity contribution < 1.29 is 21.6 Å². The van der Waals surface area contributed by atoms with Gasteiger partial charge in [0.05, 0.1) is 21.8 Å². The molecule has 168 valence electrons. The van der Waals surface area contributed by atoms with E-state index < -0.39 is 21.8 Å². The van der Waals surface area contributed by atoms with E-state index in [-0.39, 0.29) is 22.1 Å². The van der Waals surface area contributed by atoms with Crippen LogP contribution in [0.2, 0.25) is 0 Å². The Balaban J connectivity index is 1.81. The number of primary sulfonamides is 1. The van der Waals surface area contributed by atoms with Gasteiger partial charge in [-0.05, 0) is 49.4 Å². The van der Waals surface area contributed by atoms with Gasteiger partial charge in [0, 0.05) is 17.5 Å². The minimum absolute atomic E-state index is 0.00819. The number of hydrogen-bond acceptors (Lipinski definition) is 6. The fourth-order valence-corrected chi connectivity index (χ4v) is 3.75. The number of sulfonamides is 1. The molecule has 0 bridgehead atoms. The maximum Gasteiger partial charge on any atom is 0.418 e. The predicted octanol–water partition coefficient (Wildman–Crippen LogP) is 4.24. The van der Waals surface area contributed by atoms with Crippen molar-refractivity contribution in [2.24, 2.45) is 5.14 Å². The maximum atomic E-state index is 13.5. The third kappa shape index (κ3) is 4.89. The number of alkyl halides is 3. The highest BCUT2D eigenvalue weighted by Gasteiger charge is 2.34. The maximum absolute atomic E-state index is 13.5. The zero-order valence-electron chi connectivity index (χ0n) is 17.1. The Labute approximate surface area is 187 Å². The molecule has 0 amide bonds. The number of aromatic nitrogens is 4. The van der Waals surface area contributed by atoms with Gasteiger partial charge in [-0.15, -0.1) is 0 Å². The fourth-order valence-electron chi connectivity index (χ4n) is 3.19. The molecule has 0 aliphatic rings. The quantitative estimate of drug-likeness (QED) is 0.477. The second kappa shape index (κ2) is 8.34. The number of nitrogens with zero attached hydrogens (tertiary/aromatic N) is 4. The molecule has 3 aromatic heterocycles. The van der Waals surface area contributed by atoms with Gasteiger partial charge in [-0.25, -0.2) is 28.5 Å². The number of hydrogen-bond donors (Lipinski definition) is 1. The highest BCUT2D eigenvalue weighted by molar-refractivity contribution is 7.89. The first-order chi connectivity index (χ1) is 15.5. The lowest BCUT2D eigenvalue weighted by Crippen LogP contribution is -2.12. The molecule has 0 aliphatic heterocycles. The SMILES string of the molecule is Cc1cc(-c2ncccc2C(F)(F)F)nc(-c2cccc(-c3cccc(S(N)(=O)=O)c3)n2)n1. The number of nitrogens with two attached hydrogens (primary N) is 1. The topological polar surface area (TPSA) is 112 Å². The Hall–Kier alpha value is -3.70. The molecule has 0 atom stereocenters. The Kier molecular flexibility index (Phi) is 5.68. The Morgan fingerprint density at radius 3 is 2.30 bits per heavy atom. The highest BCUT2D eigenvalue weighted by Crippen LogP contribution is 2.35. The van der Waals surface area contributed by atoms with Crippen LogP contribution >= 0.6 is 0 Å². The molecule has 0 spiro atoms. The van der Waals surface area contributed by atoms with Crippen LogP contribution in [0.3, 0.4) is 0 Å². The summed E-state index contributed by atoms with van der Waals surface area (Å²) >= 11 is 0. The average molecular weight is 471 g/mol. The van der Waals surface area contributed by atoms with Gasteiger partial charge >= 0.3 is 6.18 Å². The van der Waals surface area contributed by atoms with E-state index in [1.165, 1.54) is 36.5 Å². The van der Waals surface area contributed by atoms with Crippen LogP contribution in [0, 0.1) is 6.92 Å². The zero-order valence-corrected chi connectivity index (χ0v) is 17.9. The molecule has 11 heteroatoms. The van der Waals surface area contributed by atoms with Crippen LogP contribution in [0.25, 0.3) is 34.2 Å². The Morgan fingerprint density at radius 1 is 0.848 bits per heavy atom. The normalized spacial score (nSPS) is 12.0. The smallest absolute Gasteiger partial charge is 0.254 e. The lowest BCUT2D eigenvalue weighted by atomic mass is 10.1. The summed E-state index contributed by atoms with van der Waals surface area (Å²) in [7, 11) is -3.90. The molecule has 7 nitrogen and oxygen atoms in total. The van der Waals surface area contributed by atoms with Crippen molar-refractivity contribution in [1.82, 2.24) is 19.9 Å². The second-order valence-electron chi connectivity index (χ2n) is 7.10. The molecule has 4 rings (SSSR count). The highest BCUT2D eigenvalue weighted by atomic mass is 32.2. The van der Waals surface area contributed by atoms with E-state index in [0.717, 1.165) is 6.07 Å². The van der Waals surface area contributed by atoms with Crippen LogP contribution < -0.4 is 5.14 Å². The number of rotatable bonds is 4. The zero-order chi connectivity index (χ0) is 23.8. The third-order valence-electron chi connectivity index (χ3n) is 4.65. The van der Waals surface area contributed by atoms with E-state index in [1.54, 1.807) is 31.2 Å². The van der Waals surface area contributed by atoms with Gasteiger partial charge in [0.1, 0.15) is 11.4 Å². The van der Waals surface area contributed by atoms with Crippen LogP contribution in [0.15, 0.2) is 71.8 Å². The summed E-state index contributed by atoms with van der Waals surface area (Å²) in [6.07, 6.45) is -3.34. The first kappa shape index (κ1) is 22.5. The van der Waals surface area contributed by atoms with E-state index in [9.17, 15) is 21.6 Å². The van der Waals surface area contributed by atoms with Crippen LogP contribution in [0.1, 0.15) is 11.3 Å². The summed E-state index contributed by atoms with van der Waals surface area (Å²) in [6, 6.07) is 14.4. The minimum atomic E-state index is -4.60. The predicted molar refractivity (Wildman–Crippen MR) is 115 cm³/mol. The van der Waals surface area contributed by atoms with E-state index >= 15 is 0 Å². The lowest BCUT2D eigenvalue weighted by molar-refractivity contribution is -0.137. The molecule has 33 heavy (non-hydrogen) atoms. The number of halogens is 3. The van der Waals surface area contributed by atoms with Crippen LogP contribution in [-0.2, 0) is 16.2 Å². The molecule has 2 N–H and O–H groups in total. The van der Waals surface area contributed by atoms with Gasteiger partial charge in [0.15, 0.2) is 5.82 Å². The molecule has 0 radical (unpaired) electrons. The van der Waals surface area contributed by atoms with E-state index in [2.05, 4.69) is 19.9 Å². The van der Waals surface area contributed by atoms with Crippen LogP contribution in [-0.4, -0.2) is 28.4 Å². The molecule has 1 aromatic carbocycles. The summed E-state index contributed by atoms with van der Waals surface area (Å²) in [5.74, 6) is 0.105. The first-order valence-electron chi connectivity index (χ1n) is 9.51. The monoisotopic (exact) mass is 471 g/mol. The number of aryl methyl sites for hydroxylation is 1. The third-order valence-corrected chi connectivity index (χ3v) is 5.56. The Morgan fingerprint density at radius 2 is 1.58 bits per heavy atom. The van der Waals surface area contributed by atoms with Crippen molar-refractivity contribution >= 4 is 10.0 Å². The van der Waals surface area contributed by atoms with Gasteiger partial charge in [-0.2, -0.15) is 13.2 Å². The van der Waals surface area contributed by atoms with Crippen molar-refractivity contribution in [3.63, 3.8) is 0 Å². The lowest BCUT2D eigenvalue weighted by Gasteiger charge is -2.12. The molecule has 0 saturated carbocycles. The molecular weight excluding hydrogens is 455 g/mol. The summed E-state index contributed by atoms with van der Waals surface area (Å²) in [4.78, 5) is 16.9. The molecule has 4 aromatic rings. The van der Waals surface area contributed by atoms with Gasteiger partial charge < -0.3 is 0 Å².